The van der Waals surface area contributed by atoms with Gasteiger partial charge in [0.1, 0.15) is 11.6 Å². The first kappa shape index (κ1) is 16.0. The lowest BCUT2D eigenvalue weighted by Gasteiger charge is -2.42. The predicted octanol–water partition coefficient (Wildman–Crippen LogP) is 3.56. The Morgan fingerprint density at radius 1 is 1.14 bits per heavy atom. The predicted molar refractivity (Wildman–Crippen MR) is 85.0 cm³/mol. The summed E-state index contributed by atoms with van der Waals surface area (Å²) in [6.45, 7) is 5.65. The maximum absolute atomic E-state index is 12.5. The summed E-state index contributed by atoms with van der Waals surface area (Å²) in [5.41, 5.74) is 6.79. The lowest BCUT2D eigenvalue weighted by molar-refractivity contribution is -0.159. The molecule has 1 saturated carbocycles. The van der Waals surface area contributed by atoms with Gasteiger partial charge >= 0.3 is 5.97 Å². The Bertz CT molecular complexity index is 470. The maximum atomic E-state index is 12.5. The highest BCUT2D eigenvalue weighted by molar-refractivity contribution is 5.78. The van der Waals surface area contributed by atoms with Gasteiger partial charge in [-0.15, -0.1) is 0 Å². The molecule has 0 spiro atoms. The minimum Gasteiger partial charge on any atom is -0.459 e. The van der Waals surface area contributed by atoms with Crippen LogP contribution in [0.4, 0.5) is 0 Å². The quantitative estimate of drug-likeness (QED) is 0.866. The molecule has 116 valence electrons. The van der Waals surface area contributed by atoms with E-state index in [0.29, 0.717) is 0 Å². The fourth-order valence-electron chi connectivity index (χ4n) is 3.32. The normalized spacial score (nSPS) is 19.8. The van der Waals surface area contributed by atoms with Crippen molar-refractivity contribution < 1.29 is 9.53 Å². The molecular formula is C18H27NO2. The van der Waals surface area contributed by atoms with Crippen LogP contribution in [0.25, 0.3) is 0 Å². The fraction of sp³-hybridized carbons (Fsp3) is 0.611. The van der Waals surface area contributed by atoms with Gasteiger partial charge in [-0.2, -0.15) is 0 Å². The molecule has 0 radical (unpaired) electrons. The summed E-state index contributed by atoms with van der Waals surface area (Å²) >= 11 is 0. The van der Waals surface area contributed by atoms with Gasteiger partial charge in [0.15, 0.2) is 0 Å². The van der Waals surface area contributed by atoms with E-state index >= 15 is 0 Å². The van der Waals surface area contributed by atoms with E-state index in [4.69, 9.17) is 10.5 Å². The van der Waals surface area contributed by atoms with Crippen molar-refractivity contribution >= 4 is 5.97 Å². The second-order valence-electron chi connectivity index (χ2n) is 7.09. The van der Waals surface area contributed by atoms with E-state index in [1.54, 1.807) is 0 Å². The summed E-state index contributed by atoms with van der Waals surface area (Å²) in [7, 11) is 0. The molecular weight excluding hydrogens is 262 g/mol. The van der Waals surface area contributed by atoms with E-state index in [-0.39, 0.29) is 11.4 Å². The number of benzene rings is 1. The maximum Gasteiger partial charge on any atom is 0.324 e. The number of esters is 1. The van der Waals surface area contributed by atoms with Gasteiger partial charge in [-0.1, -0.05) is 49.6 Å². The van der Waals surface area contributed by atoms with Crippen molar-refractivity contribution in [3.8, 4) is 0 Å². The Morgan fingerprint density at radius 2 is 1.71 bits per heavy atom. The third kappa shape index (κ3) is 3.65. The van der Waals surface area contributed by atoms with E-state index < -0.39 is 11.6 Å². The van der Waals surface area contributed by atoms with Crippen LogP contribution >= 0.6 is 0 Å². The minimum atomic E-state index is -0.598. The zero-order valence-corrected chi connectivity index (χ0v) is 13.4. The van der Waals surface area contributed by atoms with Crippen LogP contribution in [0.15, 0.2) is 30.3 Å². The molecule has 2 N–H and O–H groups in total. The molecule has 1 aromatic rings. The largest absolute Gasteiger partial charge is 0.459 e. The van der Waals surface area contributed by atoms with Crippen LogP contribution in [0.3, 0.4) is 0 Å². The molecule has 21 heavy (non-hydrogen) atoms. The molecule has 0 bridgehead atoms. The van der Waals surface area contributed by atoms with Crippen molar-refractivity contribution in [3.63, 3.8) is 0 Å². The van der Waals surface area contributed by atoms with Crippen LogP contribution in [0.5, 0.6) is 0 Å². The third-order valence-corrected chi connectivity index (χ3v) is 4.35. The number of hydrogen-bond donors (Lipinski definition) is 1. The van der Waals surface area contributed by atoms with Gasteiger partial charge in [0.2, 0.25) is 0 Å². The van der Waals surface area contributed by atoms with Crippen molar-refractivity contribution in [2.24, 2.45) is 5.73 Å². The van der Waals surface area contributed by atoms with Gasteiger partial charge in [-0.3, -0.25) is 4.79 Å². The molecule has 2 rings (SSSR count). The summed E-state index contributed by atoms with van der Waals surface area (Å²) in [5.74, 6) is -0.284. The number of carbonyl (C=O) groups is 1. The van der Waals surface area contributed by atoms with Gasteiger partial charge in [0, 0.05) is 5.41 Å². The molecule has 0 heterocycles. The summed E-state index contributed by atoms with van der Waals surface area (Å²) in [6.07, 6.45) is 5.36. The molecule has 1 fully saturated rings. The Balaban J connectivity index is 2.30. The van der Waals surface area contributed by atoms with Crippen molar-refractivity contribution in [1.29, 1.82) is 0 Å². The Morgan fingerprint density at radius 3 is 2.24 bits per heavy atom. The molecule has 1 unspecified atom stereocenters. The summed E-state index contributed by atoms with van der Waals surface area (Å²) in [5, 5.41) is 0. The zero-order valence-electron chi connectivity index (χ0n) is 13.4. The summed E-state index contributed by atoms with van der Waals surface area (Å²) < 4.78 is 5.54. The van der Waals surface area contributed by atoms with Gasteiger partial charge < -0.3 is 10.5 Å². The van der Waals surface area contributed by atoms with Crippen molar-refractivity contribution in [2.75, 3.05) is 0 Å². The summed E-state index contributed by atoms with van der Waals surface area (Å²) in [6, 6.07) is 9.63. The fourth-order valence-corrected chi connectivity index (χ4v) is 3.32. The van der Waals surface area contributed by atoms with Gasteiger partial charge in [-0.05, 0) is 39.2 Å². The highest BCUT2D eigenvalue weighted by atomic mass is 16.6. The molecule has 1 aromatic carbocycles. The van der Waals surface area contributed by atoms with Crippen LogP contribution < -0.4 is 5.73 Å². The van der Waals surface area contributed by atoms with Gasteiger partial charge in [-0.25, -0.2) is 0 Å². The zero-order chi connectivity index (χ0) is 15.5. The lowest BCUT2D eigenvalue weighted by Crippen LogP contribution is -2.53. The molecule has 3 nitrogen and oxygen atoms in total. The molecule has 3 heteroatoms. The molecule has 1 atom stereocenters. The molecule has 0 amide bonds. The first-order valence-corrected chi connectivity index (χ1v) is 7.89. The molecule has 0 aromatic heterocycles. The second-order valence-corrected chi connectivity index (χ2v) is 7.09. The van der Waals surface area contributed by atoms with Crippen LogP contribution in [-0.2, 0) is 14.9 Å². The number of nitrogens with two attached hydrogens (primary N) is 1. The average Bonchev–Trinajstić information content (AvgIpc) is 2.46. The highest BCUT2D eigenvalue weighted by Crippen LogP contribution is 2.42. The number of carbonyl (C=O) groups excluding carboxylic acids is 1. The minimum absolute atomic E-state index is 0.276. The van der Waals surface area contributed by atoms with Crippen molar-refractivity contribution in [2.45, 2.75) is 69.9 Å². The van der Waals surface area contributed by atoms with Crippen molar-refractivity contribution in [1.82, 2.24) is 0 Å². The van der Waals surface area contributed by atoms with Crippen LogP contribution in [-0.4, -0.2) is 17.6 Å². The average molecular weight is 289 g/mol. The SMILES string of the molecule is CC(C)(C)OC(=O)C(N)C1(c2ccccc2)CCCCC1. The number of ether oxygens (including phenoxy) is 1. The summed E-state index contributed by atoms with van der Waals surface area (Å²) in [4.78, 5) is 12.5. The van der Waals surface area contributed by atoms with Crippen molar-refractivity contribution in [3.05, 3.63) is 35.9 Å². The topological polar surface area (TPSA) is 52.3 Å². The lowest BCUT2D eigenvalue weighted by atomic mass is 9.65. The molecule has 1 aliphatic carbocycles. The van der Waals surface area contributed by atoms with Gasteiger partial charge in [0.05, 0.1) is 0 Å². The van der Waals surface area contributed by atoms with E-state index in [9.17, 15) is 4.79 Å². The Labute approximate surface area is 127 Å². The van der Waals surface area contributed by atoms with E-state index in [2.05, 4.69) is 12.1 Å². The monoisotopic (exact) mass is 289 g/mol. The number of rotatable bonds is 3. The van der Waals surface area contributed by atoms with E-state index in [1.807, 2.05) is 39.0 Å². The van der Waals surface area contributed by atoms with Crippen LogP contribution in [0, 0.1) is 0 Å². The highest BCUT2D eigenvalue weighted by Gasteiger charge is 2.44. The van der Waals surface area contributed by atoms with E-state index in [1.165, 1.54) is 12.0 Å². The van der Waals surface area contributed by atoms with Crippen LogP contribution in [0.1, 0.15) is 58.4 Å². The molecule has 0 saturated heterocycles. The van der Waals surface area contributed by atoms with Crippen LogP contribution in [0.2, 0.25) is 0 Å². The van der Waals surface area contributed by atoms with Gasteiger partial charge in [0.25, 0.3) is 0 Å². The third-order valence-electron chi connectivity index (χ3n) is 4.35. The Kier molecular flexibility index (Phi) is 4.72. The second kappa shape index (κ2) is 6.18. The first-order valence-electron chi connectivity index (χ1n) is 7.89. The first-order chi connectivity index (χ1) is 9.85. The molecule has 0 aliphatic heterocycles. The smallest absolute Gasteiger partial charge is 0.324 e. The van der Waals surface area contributed by atoms with E-state index in [0.717, 1.165) is 25.7 Å². The Hall–Kier alpha value is -1.35. The standard InChI is InChI=1S/C18H27NO2/c1-17(2,3)21-16(20)15(19)18(12-8-5-9-13-18)14-10-6-4-7-11-14/h4,6-7,10-11,15H,5,8-9,12-13,19H2,1-3H3. The number of hydrogen-bond acceptors (Lipinski definition) is 3. The molecule has 1 aliphatic rings.